The van der Waals surface area contributed by atoms with Crippen LogP contribution in [0.5, 0.6) is 23.0 Å². The quantitative estimate of drug-likeness (QED) is 0.172. The molecule has 0 fully saturated rings. The van der Waals surface area contributed by atoms with Crippen molar-refractivity contribution in [1.82, 2.24) is 0 Å². The smallest absolute Gasteiger partial charge is 0.135 e. The minimum absolute atomic E-state index is 0.894. The lowest BCUT2D eigenvalue weighted by Crippen LogP contribution is -1.99. The fraction of sp³-hybridized carbons (Fsp3) is 0. The average molecular weight is 687 g/mol. The molecule has 250 valence electrons. The molecule has 54 heavy (non-hydrogen) atoms. The first-order valence-electron chi connectivity index (χ1n) is 18.5. The molecule has 10 aromatic rings. The Bertz CT molecular complexity index is 3210. The van der Waals surface area contributed by atoms with Gasteiger partial charge in [0.25, 0.3) is 0 Å². The second-order valence-corrected chi connectivity index (χ2v) is 14.3. The molecule has 0 atom stereocenters. The van der Waals surface area contributed by atoms with Crippen molar-refractivity contribution in [2.45, 2.75) is 0 Å². The van der Waals surface area contributed by atoms with Crippen molar-refractivity contribution in [1.29, 1.82) is 0 Å². The zero-order chi connectivity index (χ0) is 35.3. The van der Waals surface area contributed by atoms with Gasteiger partial charge in [0, 0.05) is 21.9 Å². The Kier molecular flexibility index (Phi) is 6.09. The molecular weight excluding hydrogens is 657 g/mol. The van der Waals surface area contributed by atoms with E-state index in [1.165, 1.54) is 76.8 Å². The Morgan fingerprint density at radius 2 is 0.685 bits per heavy atom. The minimum atomic E-state index is 0.894. The Balaban J connectivity index is 1.21. The molecule has 12 rings (SSSR count). The van der Waals surface area contributed by atoms with Gasteiger partial charge in [-0.1, -0.05) is 152 Å². The van der Waals surface area contributed by atoms with E-state index < -0.39 is 0 Å². The van der Waals surface area contributed by atoms with Crippen molar-refractivity contribution in [2.75, 3.05) is 0 Å². The number of rotatable bonds is 3. The highest BCUT2D eigenvalue weighted by molar-refractivity contribution is 6.27. The summed E-state index contributed by atoms with van der Waals surface area (Å²) in [4.78, 5) is 0. The molecule has 2 nitrogen and oxygen atoms in total. The summed E-state index contributed by atoms with van der Waals surface area (Å²) in [5.41, 5.74) is 11.9. The summed E-state index contributed by atoms with van der Waals surface area (Å²) < 4.78 is 13.1. The summed E-state index contributed by atoms with van der Waals surface area (Å²) in [7, 11) is 0. The molecule has 0 aliphatic carbocycles. The van der Waals surface area contributed by atoms with Crippen LogP contribution in [0.1, 0.15) is 0 Å². The van der Waals surface area contributed by atoms with Gasteiger partial charge in [0.15, 0.2) is 0 Å². The zero-order valence-electron chi connectivity index (χ0n) is 29.1. The van der Waals surface area contributed by atoms with E-state index in [1.807, 2.05) is 12.1 Å². The number of hydrogen-bond donors (Lipinski definition) is 0. The number of hydrogen-bond acceptors (Lipinski definition) is 2. The maximum absolute atomic E-state index is 6.56. The van der Waals surface area contributed by atoms with E-state index in [-0.39, 0.29) is 0 Å². The Morgan fingerprint density at radius 3 is 1.28 bits per heavy atom. The van der Waals surface area contributed by atoms with Crippen molar-refractivity contribution >= 4 is 43.1 Å². The maximum Gasteiger partial charge on any atom is 0.135 e. The lowest BCUT2D eigenvalue weighted by atomic mass is 9.81. The lowest BCUT2D eigenvalue weighted by molar-refractivity contribution is 0.487. The first-order valence-corrected chi connectivity index (χ1v) is 18.5. The molecule has 0 spiro atoms. The van der Waals surface area contributed by atoms with Crippen LogP contribution in [0.4, 0.5) is 0 Å². The largest absolute Gasteiger partial charge is 0.456 e. The Hall–Kier alpha value is -7.16. The summed E-state index contributed by atoms with van der Waals surface area (Å²) in [5, 5.41) is 9.52. The van der Waals surface area contributed by atoms with Crippen LogP contribution in [0.15, 0.2) is 182 Å². The standard InChI is InChI=1S/C52H30O2/c1-2-12-31(13-3-1)32-24-25-43-44(30-32)50(42-29-27-40-34-15-7-9-21-46(34)54-48-23-11-19-38(42)52(40)48)36-17-5-4-16-35(36)49(43)41-28-26-39-33-14-6-8-20-45(33)53-47-22-10-18-37(41)51(39)47/h1-30H. The highest BCUT2D eigenvalue weighted by atomic mass is 16.5. The molecule has 0 bridgehead atoms. The number of benzene rings is 10. The van der Waals surface area contributed by atoms with Crippen molar-refractivity contribution in [2.24, 2.45) is 0 Å². The first-order chi connectivity index (χ1) is 26.8. The molecule has 0 saturated heterocycles. The minimum Gasteiger partial charge on any atom is -0.456 e. The predicted molar refractivity (Wildman–Crippen MR) is 224 cm³/mol. The molecule has 0 radical (unpaired) electrons. The fourth-order valence-corrected chi connectivity index (χ4v) is 9.16. The molecule has 0 N–H and O–H groups in total. The number of ether oxygens (including phenoxy) is 2. The second-order valence-electron chi connectivity index (χ2n) is 14.3. The van der Waals surface area contributed by atoms with Crippen LogP contribution in [0.25, 0.3) is 98.7 Å². The fourth-order valence-electron chi connectivity index (χ4n) is 9.16. The molecule has 0 saturated carbocycles. The van der Waals surface area contributed by atoms with Crippen LogP contribution in [-0.4, -0.2) is 0 Å². The number of fused-ring (bicyclic) bond motifs is 6. The molecule has 0 amide bonds. The van der Waals surface area contributed by atoms with Crippen LogP contribution in [0, 0.1) is 0 Å². The van der Waals surface area contributed by atoms with Gasteiger partial charge in [0.1, 0.15) is 23.0 Å². The summed E-state index contributed by atoms with van der Waals surface area (Å²) in [5.74, 6) is 3.58. The lowest BCUT2D eigenvalue weighted by Gasteiger charge is -2.25. The molecule has 0 aromatic heterocycles. The van der Waals surface area contributed by atoms with Gasteiger partial charge in [-0.15, -0.1) is 0 Å². The van der Waals surface area contributed by atoms with Gasteiger partial charge in [-0.05, 0) is 107 Å². The summed E-state index contributed by atoms with van der Waals surface area (Å²) >= 11 is 0. The van der Waals surface area contributed by atoms with Crippen LogP contribution in [0.2, 0.25) is 0 Å². The molecule has 10 aromatic carbocycles. The van der Waals surface area contributed by atoms with E-state index in [9.17, 15) is 0 Å². The van der Waals surface area contributed by atoms with Gasteiger partial charge in [-0.3, -0.25) is 0 Å². The first kappa shape index (κ1) is 29.4. The van der Waals surface area contributed by atoms with Gasteiger partial charge in [-0.2, -0.15) is 0 Å². The summed E-state index contributed by atoms with van der Waals surface area (Å²) in [6.45, 7) is 0. The maximum atomic E-state index is 6.56. The van der Waals surface area contributed by atoms with Crippen molar-refractivity contribution in [3.63, 3.8) is 0 Å². The Labute approximate surface area is 312 Å². The van der Waals surface area contributed by atoms with E-state index >= 15 is 0 Å². The van der Waals surface area contributed by atoms with E-state index in [0.717, 1.165) is 44.9 Å². The van der Waals surface area contributed by atoms with Crippen LogP contribution in [-0.2, 0) is 0 Å². The highest BCUT2D eigenvalue weighted by Gasteiger charge is 2.26. The van der Waals surface area contributed by atoms with Crippen LogP contribution >= 0.6 is 0 Å². The SMILES string of the molecule is c1ccc(-c2ccc3c(-c4ccc5c6c(cccc46)Oc4ccccc4-5)c4ccccc4c(-c4ccc5c6c(cccc46)Oc4ccccc4-5)c3c2)cc1. The monoisotopic (exact) mass is 686 g/mol. The van der Waals surface area contributed by atoms with Gasteiger partial charge in [0.2, 0.25) is 0 Å². The molecule has 0 unspecified atom stereocenters. The molecule has 2 heterocycles. The summed E-state index contributed by atoms with van der Waals surface area (Å²) in [6.07, 6.45) is 0. The van der Waals surface area contributed by atoms with E-state index in [4.69, 9.17) is 9.47 Å². The molecule has 2 aliphatic heterocycles. The van der Waals surface area contributed by atoms with Gasteiger partial charge in [0.05, 0.1) is 0 Å². The average Bonchev–Trinajstić information content (AvgIpc) is 3.23. The van der Waals surface area contributed by atoms with E-state index in [2.05, 4.69) is 170 Å². The Morgan fingerprint density at radius 1 is 0.241 bits per heavy atom. The van der Waals surface area contributed by atoms with Gasteiger partial charge >= 0.3 is 0 Å². The third-order valence-electron chi connectivity index (χ3n) is 11.5. The topological polar surface area (TPSA) is 18.5 Å². The second kappa shape index (κ2) is 11.2. The number of para-hydroxylation sites is 2. The third kappa shape index (κ3) is 4.11. The third-order valence-corrected chi connectivity index (χ3v) is 11.5. The van der Waals surface area contributed by atoms with Crippen molar-refractivity contribution in [3.8, 4) is 78.6 Å². The highest BCUT2D eigenvalue weighted by Crippen LogP contribution is 2.54. The van der Waals surface area contributed by atoms with Gasteiger partial charge < -0.3 is 9.47 Å². The van der Waals surface area contributed by atoms with E-state index in [0.29, 0.717) is 0 Å². The normalized spacial score (nSPS) is 12.4. The van der Waals surface area contributed by atoms with E-state index in [1.54, 1.807) is 0 Å². The predicted octanol–water partition coefficient (Wildman–Crippen LogP) is 14.8. The molecular formula is C52H30O2. The van der Waals surface area contributed by atoms with Crippen molar-refractivity contribution < 1.29 is 9.47 Å². The molecule has 2 aliphatic rings. The van der Waals surface area contributed by atoms with Gasteiger partial charge in [-0.25, -0.2) is 0 Å². The van der Waals surface area contributed by atoms with Crippen molar-refractivity contribution in [3.05, 3.63) is 182 Å². The molecule has 2 heteroatoms. The zero-order valence-corrected chi connectivity index (χ0v) is 29.1. The summed E-state index contributed by atoms with van der Waals surface area (Å²) in [6, 6.07) is 65.6. The van der Waals surface area contributed by atoms with Crippen LogP contribution < -0.4 is 9.47 Å². The van der Waals surface area contributed by atoms with Crippen LogP contribution in [0.3, 0.4) is 0 Å².